The third-order valence-electron chi connectivity index (χ3n) is 6.39. The van der Waals surface area contributed by atoms with Crippen LogP contribution in [0.15, 0.2) is 18.2 Å². The summed E-state index contributed by atoms with van der Waals surface area (Å²) in [6.45, 7) is 10.7. The highest BCUT2D eigenvalue weighted by atomic mass is 16.7. The largest absolute Gasteiger partial charge is 0.454 e. The molecule has 3 heterocycles. The Morgan fingerprint density at radius 1 is 1.07 bits per heavy atom. The fourth-order valence-corrected chi connectivity index (χ4v) is 4.88. The molecule has 0 spiro atoms. The van der Waals surface area contributed by atoms with Crippen molar-refractivity contribution in [3.05, 3.63) is 18.2 Å². The molecule has 0 radical (unpaired) electrons. The first-order valence-corrected chi connectivity index (χ1v) is 10.4. The highest BCUT2D eigenvalue weighted by molar-refractivity contribution is 5.57. The van der Waals surface area contributed by atoms with Gasteiger partial charge in [-0.1, -0.05) is 0 Å². The number of piperidine rings is 1. The van der Waals surface area contributed by atoms with Gasteiger partial charge < -0.3 is 19.5 Å². The number of anilines is 1. The molecule has 1 atom stereocenters. The van der Waals surface area contributed by atoms with E-state index in [1.54, 1.807) is 0 Å². The predicted molar refractivity (Wildman–Crippen MR) is 107 cm³/mol. The first kappa shape index (κ1) is 18.8. The lowest BCUT2D eigenvalue weighted by Crippen LogP contribution is -2.59. The van der Waals surface area contributed by atoms with Crippen molar-refractivity contribution in [2.75, 3.05) is 51.0 Å². The van der Waals surface area contributed by atoms with Crippen LogP contribution >= 0.6 is 0 Å². The highest BCUT2D eigenvalue weighted by Gasteiger charge is 2.33. The molecule has 0 saturated carbocycles. The van der Waals surface area contributed by atoms with Crippen LogP contribution < -0.4 is 14.4 Å². The molecule has 2 saturated heterocycles. The van der Waals surface area contributed by atoms with E-state index in [1.165, 1.54) is 18.5 Å². The van der Waals surface area contributed by atoms with Gasteiger partial charge in [0.05, 0.1) is 0 Å². The van der Waals surface area contributed by atoms with Crippen molar-refractivity contribution in [1.29, 1.82) is 0 Å². The highest BCUT2D eigenvalue weighted by Crippen LogP contribution is 2.36. The molecule has 6 nitrogen and oxygen atoms in total. The van der Waals surface area contributed by atoms with Crippen LogP contribution in [-0.2, 0) is 0 Å². The van der Waals surface area contributed by atoms with Crippen LogP contribution in [0.5, 0.6) is 11.5 Å². The van der Waals surface area contributed by atoms with Gasteiger partial charge in [0.25, 0.3) is 0 Å². The molecule has 1 aromatic carbocycles. The minimum absolute atomic E-state index is 0.282. The Bertz CT molecular complexity index is 631. The Kier molecular flexibility index (Phi) is 5.76. The minimum atomic E-state index is 0.282. The zero-order valence-corrected chi connectivity index (χ0v) is 16.6. The van der Waals surface area contributed by atoms with Gasteiger partial charge in [0.1, 0.15) is 0 Å². The van der Waals surface area contributed by atoms with Crippen LogP contribution in [-0.4, -0.2) is 79.2 Å². The van der Waals surface area contributed by atoms with E-state index in [2.05, 4.69) is 40.7 Å². The minimum Gasteiger partial charge on any atom is -0.454 e. The SMILES string of the molecule is CC(C)N1CCN(C2CCN(c3ccc4c(c3)OCO4)CC2)C[C@H]1CCO. The third-order valence-corrected chi connectivity index (χ3v) is 6.39. The predicted octanol–water partition coefficient (Wildman–Crippen LogP) is 2.16. The summed E-state index contributed by atoms with van der Waals surface area (Å²) in [4.78, 5) is 7.71. The molecule has 0 amide bonds. The van der Waals surface area contributed by atoms with Gasteiger partial charge in [0, 0.05) is 69.2 Å². The number of piperazine rings is 1. The van der Waals surface area contributed by atoms with Gasteiger partial charge in [-0.3, -0.25) is 9.80 Å². The first-order chi connectivity index (χ1) is 13.2. The maximum atomic E-state index is 9.47. The van der Waals surface area contributed by atoms with Crippen molar-refractivity contribution in [1.82, 2.24) is 9.80 Å². The summed E-state index contributed by atoms with van der Waals surface area (Å²) in [6.07, 6.45) is 3.27. The molecule has 150 valence electrons. The molecule has 3 aliphatic rings. The average Bonchev–Trinajstić information content (AvgIpc) is 3.16. The number of aliphatic hydroxyl groups is 1. The molecular formula is C21H33N3O3. The number of hydrogen-bond donors (Lipinski definition) is 1. The third kappa shape index (κ3) is 4.03. The summed E-state index contributed by atoms with van der Waals surface area (Å²) in [6, 6.07) is 7.97. The van der Waals surface area contributed by atoms with Crippen LogP contribution in [0.25, 0.3) is 0 Å². The van der Waals surface area contributed by atoms with Gasteiger partial charge >= 0.3 is 0 Å². The standard InChI is InChI=1S/C21H33N3O3/c1-16(2)24-11-10-23(14-19(24)7-12-25)17-5-8-22(9-6-17)18-3-4-20-21(13-18)27-15-26-20/h3-4,13,16-17,19,25H,5-12,14-15H2,1-2H3/t19-/m1/s1. The quantitative estimate of drug-likeness (QED) is 0.851. The Morgan fingerprint density at radius 3 is 2.59 bits per heavy atom. The van der Waals surface area contributed by atoms with Crippen LogP contribution in [0.2, 0.25) is 0 Å². The molecule has 0 unspecified atom stereocenters. The van der Waals surface area contributed by atoms with Crippen LogP contribution in [0.1, 0.15) is 33.1 Å². The summed E-state index contributed by atoms with van der Waals surface area (Å²) in [5.41, 5.74) is 1.24. The van der Waals surface area contributed by atoms with E-state index in [0.29, 0.717) is 24.9 Å². The fourth-order valence-electron chi connectivity index (χ4n) is 4.88. The number of ether oxygens (including phenoxy) is 2. The Labute approximate surface area is 162 Å². The summed E-state index contributed by atoms with van der Waals surface area (Å²) in [7, 11) is 0. The summed E-state index contributed by atoms with van der Waals surface area (Å²) in [5.74, 6) is 1.72. The van der Waals surface area contributed by atoms with Gasteiger partial charge in [0.2, 0.25) is 6.79 Å². The monoisotopic (exact) mass is 375 g/mol. The molecule has 0 aromatic heterocycles. The van der Waals surface area contributed by atoms with E-state index in [0.717, 1.165) is 50.6 Å². The molecule has 27 heavy (non-hydrogen) atoms. The molecule has 1 aromatic rings. The average molecular weight is 376 g/mol. The van der Waals surface area contributed by atoms with E-state index in [-0.39, 0.29) is 6.61 Å². The molecule has 0 bridgehead atoms. The lowest BCUT2D eigenvalue weighted by Gasteiger charge is -2.48. The van der Waals surface area contributed by atoms with Crippen molar-refractivity contribution in [2.45, 2.75) is 51.2 Å². The van der Waals surface area contributed by atoms with Crippen LogP contribution in [0.3, 0.4) is 0 Å². The zero-order chi connectivity index (χ0) is 18.8. The topological polar surface area (TPSA) is 48.4 Å². The normalized spacial score (nSPS) is 24.7. The Hall–Kier alpha value is -1.50. The molecule has 6 heteroatoms. The van der Waals surface area contributed by atoms with Crippen LogP contribution in [0, 0.1) is 0 Å². The lowest BCUT2D eigenvalue weighted by molar-refractivity contribution is 0.0134. The number of rotatable bonds is 5. The summed E-state index contributed by atoms with van der Waals surface area (Å²) in [5, 5.41) is 9.47. The number of aliphatic hydroxyl groups excluding tert-OH is 1. The number of hydrogen-bond acceptors (Lipinski definition) is 6. The van der Waals surface area contributed by atoms with Gasteiger partial charge in [0.15, 0.2) is 11.5 Å². The second-order valence-electron chi connectivity index (χ2n) is 8.25. The smallest absolute Gasteiger partial charge is 0.231 e. The molecular weight excluding hydrogens is 342 g/mol. The molecule has 3 aliphatic heterocycles. The van der Waals surface area contributed by atoms with Gasteiger partial charge in [-0.05, 0) is 45.2 Å². The summed E-state index contributed by atoms with van der Waals surface area (Å²) < 4.78 is 11.0. The maximum Gasteiger partial charge on any atom is 0.231 e. The molecule has 0 aliphatic carbocycles. The van der Waals surface area contributed by atoms with Crippen molar-refractivity contribution in [3.8, 4) is 11.5 Å². The Balaban J connectivity index is 1.34. The van der Waals surface area contributed by atoms with Gasteiger partial charge in [-0.2, -0.15) is 0 Å². The second-order valence-corrected chi connectivity index (χ2v) is 8.25. The van der Waals surface area contributed by atoms with Gasteiger partial charge in [-0.25, -0.2) is 0 Å². The van der Waals surface area contributed by atoms with Crippen molar-refractivity contribution >= 4 is 5.69 Å². The van der Waals surface area contributed by atoms with E-state index in [9.17, 15) is 5.11 Å². The van der Waals surface area contributed by atoms with Crippen molar-refractivity contribution in [3.63, 3.8) is 0 Å². The fraction of sp³-hybridized carbons (Fsp3) is 0.714. The molecule has 4 rings (SSSR count). The zero-order valence-electron chi connectivity index (χ0n) is 16.6. The number of nitrogens with zero attached hydrogens (tertiary/aromatic N) is 3. The van der Waals surface area contributed by atoms with E-state index in [4.69, 9.17) is 9.47 Å². The molecule has 1 N–H and O–H groups in total. The number of fused-ring (bicyclic) bond motifs is 1. The first-order valence-electron chi connectivity index (χ1n) is 10.4. The van der Waals surface area contributed by atoms with Crippen LogP contribution in [0.4, 0.5) is 5.69 Å². The molecule has 2 fully saturated rings. The second kappa shape index (κ2) is 8.25. The van der Waals surface area contributed by atoms with Gasteiger partial charge in [-0.15, -0.1) is 0 Å². The van der Waals surface area contributed by atoms with E-state index in [1.807, 2.05) is 6.07 Å². The van der Waals surface area contributed by atoms with E-state index >= 15 is 0 Å². The van der Waals surface area contributed by atoms with Crippen molar-refractivity contribution < 1.29 is 14.6 Å². The number of benzene rings is 1. The van der Waals surface area contributed by atoms with Crippen molar-refractivity contribution in [2.24, 2.45) is 0 Å². The Morgan fingerprint density at radius 2 is 1.85 bits per heavy atom. The summed E-state index contributed by atoms with van der Waals surface area (Å²) >= 11 is 0. The lowest BCUT2D eigenvalue weighted by atomic mass is 9.98. The maximum absolute atomic E-state index is 9.47. The van der Waals surface area contributed by atoms with E-state index < -0.39 is 0 Å².